The summed E-state index contributed by atoms with van der Waals surface area (Å²) in [6.07, 6.45) is 0. The number of Topliss-reactive ketones (excluding diaryl/α,β-unsaturated/α-hetero) is 1. The Morgan fingerprint density at radius 1 is 0.838 bits per heavy atom. The predicted molar refractivity (Wildman–Crippen MR) is 142 cm³/mol. The minimum atomic E-state index is -0.872. The van der Waals surface area contributed by atoms with E-state index in [2.05, 4.69) is 0 Å². The number of aryl methyl sites for hydroxylation is 1. The van der Waals surface area contributed by atoms with Gasteiger partial charge >= 0.3 is 0 Å². The van der Waals surface area contributed by atoms with E-state index in [1.54, 1.807) is 36.4 Å². The van der Waals surface area contributed by atoms with E-state index in [0.717, 1.165) is 5.56 Å². The molecule has 1 unspecified atom stereocenters. The average molecular weight is 502 g/mol. The number of anilines is 1. The Morgan fingerprint density at radius 3 is 2.19 bits per heavy atom. The van der Waals surface area contributed by atoms with Crippen LogP contribution >= 0.6 is 0 Å². The monoisotopic (exact) mass is 501 g/mol. The zero-order valence-electron chi connectivity index (χ0n) is 21.5. The summed E-state index contributed by atoms with van der Waals surface area (Å²) >= 11 is 0. The third-order valence-corrected chi connectivity index (χ3v) is 6.03. The first-order valence-corrected chi connectivity index (χ1v) is 12.4. The number of ketones is 1. The highest BCUT2D eigenvalue weighted by Gasteiger charge is 2.47. The van der Waals surface area contributed by atoms with Crippen LogP contribution in [0.2, 0.25) is 0 Å². The molecule has 1 atom stereocenters. The highest BCUT2D eigenvalue weighted by molar-refractivity contribution is 6.51. The van der Waals surface area contributed by atoms with Crippen molar-refractivity contribution >= 4 is 23.1 Å². The zero-order valence-corrected chi connectivity index (χ0v) is 21.5. The lowest BCUT2D eigenvalue weighted by Crippen LogP contribution is -2.29. The molecule has 1 fully saturated rings. The summed E-state index contributed by atoms with van der Waals surface area (Å²) in [6.45, 7) is 8.77. The quantitative estimate of drug-likeness (QED) is 0.226. The number of ether oxygens (including phenoxy) is 3. The van der Waals surface area contributed by atoms with Gasteiger partial charge in [-0.05, 0) is 75.2 Å². The maximum absolute atomic E-state index is 13.5. The number of benzene rings is 3. The van der Waals surface area contributed by atoms with Gasteiger partial charge in [0.1, 0.15) is 23.0 Å². The van der Waals surface area contributed by atoms with Gasteiger partial charge in [-0.15, -0.1) is 0 Å². The Balaban J connectivity index is 1.95. The molecule has 0 radical (unpaired) electrons. The molecule has 37 heavy (non-hydrogen) atoms. The van der Waals surface area contributed by atoms with Crippen LogP contribution in [0.5, 0.6) is 17.2 Å². The van der Waals surface area contributed by atoms with E-state index in [1.165, 1.54) is 4.90 Å². The van der Waals surface area contributed by atoms with Gasteiger partial charge in [0, 0.05) is 11.8 Å². The number of carbonyl (C=O) groups is 2. The van der Waals surface area contributed by atoms with Gasteiger partial charge in [0.2, 0.25) is 0 Å². The van der Waals surface area contributed by atoms with Gasteiger partial charge in [-0.25, -0.2) is 0 Å². The van der Waals surface area contributed by atoms with Crippen LogP contribution in [0.25, 0.3) is 5.76 Å². The van der Waals surface area contributed by atoms with Gasteiger partial charge in [-0.3, -0.25) is 14.5 Å². The lowest BCUT2D eigenvalue weighted by atomic mass is 9.94. The van der Waals surface area contributed by atoms with Crippen LogP contribution in [0, 0.1) is 6.92 Å². The van der Waals surface area contributed by atoms with Crippen molar-refractivity contribution in [3.05, 3.63) is 89.0 Å². The van der Waals surface area contributed by atoms with Crippen molar-refractivity contribution in [1.29, 1.82) is 0 Å². The summed E-state index contributed by atoms with van der Waals surface area (Å²) in [6, 6.07) is 18.7. The second-order valence-electron chi connectivity index (χ2n) is 8.54. The molecule has 192 valence electrons. The molecule has 0 saturated carbocycles. The van der Waals surface area contributed by atoms with E-state index in [4.69, 9.17) is 14.2 Å². The van der Waals surface area contributed by atoms with Gasteiger partial charge in [0.15, 0.2) is 0 Å². The highest BCUT2D eigenvalue weighted by Crippen LogP contribution is 2.44. The Bertz CT molecular complexity index is 1350. The average Bonchev–Trinajstić information content (AvgIpc) is 3.15. The van der Waals surface area contributed by atoms with Crippen molar-refractivity contribution in [3.63, 3.8) is 0 Å². The minimum Gasteiger partial charge on any atom is -0.507 e. The Labute approximate surface area is 216 Å². The molecule has 7 heteroatoms. The number of hydrogen-bond acceptors (Lipinski definition) is 6. The number of aliphatic hydroxyl groups excluding tert-OH is 1. The molecule has 3 aromatic carbocycles. The fourth-order valence-corrected chi connectivity index (χ4v) is 4.51. The van der Waals surface area contributed by atoms with Crippen LogP contribution in [-0.2, 0) is 9.59 Å². The van der Waals surface area contributed by atoms with Gasteiger partial charge < -0.3 is 19.3 Å². The molecule has 0 spiro atoms. The maximum Gasteiger partial charge on any atom is 0.300 e. The third-order valence-electron chi connectivity index (χ3n) is 6.03. The maximum atomic E-state index is 13.5. The number of rotatable bonds is 9. The fourth-order valence-electron chi connectivity index (χ4n) is 4.51. The summed E-state index contributed by atoms with van der Waals surface area (Å²) in [7, 11) is 0. The van der Waals surface area contributed by atoms with E-state index >= 15 is 0 Å². The molecular weight excluding hydrogens is 470 g/mol. The topological polar surface area (TPSA) is 85.3 Å². The standard InChI is InChI=1S/C30H31NO6/c1-5-35-22-13-9-11-20(17-22)27-26(29(33)30(34)31(27)21-12-8-10-19(4)16-21)28(32)24-15-14-23(36-6-2)18-25(24)37-7-3/h8-18,27,32H,5-7H2,1-4H3/b28-26+. The number of amides is 1. The summed E-state index contributed by atoms with van der Waals surface area (Å²) in [4.78, 5) is 28.4. The molecule has 0 aromatic heterocycles. The lowest BCUT2D eigenvalue weighted by Gasteiger charge is -2.26. The highest BCUT2D eigenvalue weighted by atomic mass is 16.5. The second kappa shape index (κ2) is 11.2. The number of nitrogens with zero attached hydrogens (tertiary/aromatic N) is 1. The Hall–Kier alpha value is -4.26. The fraction of sp³-hybridized carbons (Fsp3) is 0.267. The Morgan fingerprint density at radius 2 is 1.51 bits per heavy atom. The first-order chi connectivity index (χ1) is 17.9. The van der Waals surface area contributed by atoms with Crippen molar-refractivity contribution in [2.24, 2.45) is 0 Å². The molecule has 0 aliphatic carbocycles. The van der Waals surface area contributed by atoms with E-state index < -0.39 is 17.7 Å². The molecule has 1 aliphatic heterocycles. The van der Waals surface area contributed by atoms with Crippen LogP contribution in [0.4, 0.5) is 5.69 Å². The first-order valence-electron chi connectivity index (χ1n) is 12.4. The molecule has 4 rings (SSSR count). The van der Waals surface area contributed by atoms with Crippen LogP contribution in [-0.4, -0.2) is 36.6 Å². The van der Waals surface area contributed by atoms with Crippen LogP contribution in [0.15, 0.2) is 72.3 Å². The van der Waals surface area contributed by atoms with E-state index in [1.807, 2.05) is 58.0 Å². The molecule has 1 saturated heterocycles. The first kappa shape index (κ1) is 25.8. The van der Waals surface area contributed by atoms with Crippen molar-refractivity contribution < 1.29 is 28.9 Å². The molecule has 1 heterocycles. The van der Waals surface area contributed by atoms with E-state index in [9.17, 15) is 14.7 Å². The summed E-state index contributed by atoms with van der Waals surface area (Å²) in [5, 5.41) is 11.6. The summed E-state index contributed by atoms with van der Waals surface area (Å²) in [5.74, 6) is -0.277. The van der Waals surface area contributed by atoms with E-state index in [0.29, 0.717) is 53.9 Å². The molecule has 1 amide bonds. The Kier molecular flexibility index (Phi) is 7.82. The molecule has 3 aromatic rings. The normalized spacial score (nSPS) is 16.6. The van der Waals surface area contributed by atoms with Crippen molar-refractivity contribution in [1.82, 2.24) is 0 Å². The van der Waals surface area contributed by atoms with Gasteiger partial charge in [0.05, 0.1) is 37.0 Å². The molecule has 0 bridgehead atoms. The molecular formula is C30H31NO6. The van der Waals surface area contributed by atoms with Gasteiger partial charge in [-0.2, -0.15) is 0 Å². The molecule has 7 nitrogen and oxygen atoms in total. The van der Waals surface area contributed by atoms with E-state index in [-0.39, 0.29) is 11.3 Å². The summed E-state index contributed by atoms with van der Waals surface area (Å²) in [5.41, 5.74) is 2.41. The number of hydrogen-bond donors (Lipinski definition) is 1. The van der Waals surface area contributed by atoms with Gasteiger partial charge in [0.25, 0.3) is 11.7 Å². The minimum absolute atomic E-state index is 0.0229. The predicted octanol–water partition coefficient (Wildman–Crippen LogP) is 5.82. The number of carbonyl (C=O) groups excluding carboxylic acids is 2. The smallest absolute Gasteiger partial charge is 0.300 e. The van der Waals surface area contributed by atoms with Crippen molar-refractivity contribution in [2.75, 3.05) is 24.7 Å². The third kappa shape index (κ3) is 5.16. The lowest BCUT2D eigenvalue weighted by molar-refractivity contribution is -0.132. The second-order valence-corrected chi connectivity index (χ2v) is 8.54. The van der Waals surface area contributed by atoms with Crippen molar-refractivity contribution in [2.45, 2.75) is 33.7 Å². The largest absolute Gasteiger partial charge is 0.507 e. The summed E-state index contributed by atoms with van der Waals surface area (Å²) < 4.78 is 17.1. The van der Waals surface area contributed by atoms with Crippen molar-refractivity contribution in [3.8, 4) is 17.2 Å². The van der Waals surface area contributed by atoms with Gasteiger partial charge in [-0.1, -0.05) is 24.3 Å². The van der Waals surface area contributed by atoms with Crippen LogP contribution in [0.1, 0.15) is 43.5 Å². The SMILES string of the molecule is CCOc1cccc(C2/C(=C(\O)c3ccc(OCC)cc3OCC)C(=O)C(=O)N2c2cccc(C)c2)c1. The zero-order chi connectivity index (χ0) is 26.5. The number of aliphatic hydroxyl groups is 1. The van der Waals surface area contributed by atoms with Crippen LogP contribution < -0.4 is 19.1 Å². The molecule has 1 aliphatic rings. The molecule has 1 N–H and O–H groups in total. The van der Waals surface area contributed by atoms with Crippen LogP contribution in [0.3, 0.4) is 0 Å².